The lowest BCUT2D eigenvalue weighted by atomic mass is 9.89. The molecule has 23 heavy (non-hydrogen) atoms. The summed E-state index contributed by atoms with van der Waals surface area (Å²) in [5, 5.41) is 2.17. The fourth-order valence-electron chi connectivity index (χ4n) is 3.05. The van der Waals surface area contributed by atoms with Gasteiger partial charge in [-0.1, -0.05) is 12.1 Å². The maximum Gasteiger partial charge on any atom is 0.262 e. The minimum atomic E-state index is -0.964. The molecule has 0 aliphatic carbocycles. The van der Waals surface area contributed by atoms with Gasteiger partial charge < -0.3 is 5.73 Å². The molecule has 1 aromatic rings. The molecule has 1 saturated heterocycles. The van der Waals surface area contributed by atoms with E-state index in [0.717, 1.165) is 4.90 Å². The van der Waals surface area contributed by atoms with Crippen molar-refractivity contribution in [1.29, 1.82) is 0 Å². The van der Waals surface area contributed by atoms with Crippen molar-refractivity contribution >= 4 is 23.6 Å². The first-order chi connectivity index (χ1) is 10.7. The SMILES string of the molecule is CC(C)(N)c1cccc2c1C(=O)N(C1CCC(=O)NC1=O)C2=O. The average molecular weight is 315 g/mol. The number of nitrogens with two attached hydrogens (primary N) is 1. The summed E-state index contributed by atoms with van der Waals surface area (Å²) < 4.78 is 0. The molecule has 0 radical (unpaired) electrons. The Morgan fingerprint density at radius 3 is 2.48 bits per heavy atom. The highest BCUT2D eigenvalue weighted by molar-refractivity contribution is 6.24. The minimum absolute atomic E-state index is 0.0963. The number of imide groups is 2. The zero-order valence-corrected chi connectivity index (χ0v) is 12.9. The molecular weight excluding hydrogens is 298 g/mol. The number of nitrogens with zero attached hydrogens (tertiary/aromatic N) is 1. The molecule has 3 rings (SSSR count). The van der Waals surface area contributed by atoms with Crippen molar-refractivity contribution < 1.29 is 19.2 Å². The smallest absolute Gasteiger partial charge is 0.262 e. The molecule has 2 heterocycles. The highest BCUT2D eigenvalue weighted by Crippen LogP contribution is 2.33. The molecule has 0 bridgehead atoms. The molecule has 0 saturated carbocycles. The van der Waals surface area contributed by atoms with Crippen LogP contribution >= 0.6 is 0 Å². The Morgan fingerprint density at radius 2 is 1.87 bits per heavy atom. The van der Waals surface area contributed by atoms with Gasteiger partial charge in [0.05, 0.1) is 11.1 Å². The van der Waals surface area contributed by atoms with Crippen LogP contribution in [0.15, 0.2) is 18.2 Å². The number of benzene rings is 1. The van der Waals surface area contributed by atoms with Gasteiger partial charge in [-0.2, -0.15) is 0 Å². The predicted octanol–water partition coefficient (Wildman–Crippen LogP) is 0.282. The van der Waals surface area contributed by atoms with Crippen molar-refractivity contribution in [3.05, 3.63) is 34.9 Å². The highest BCUT2D eigenvalue weighted by Gasteiger charge is 2.46. The Balaban J connectivity index is 2.05. The van der Waals surface area contributed by atoms with Crippen molar-refractivity contribution in [2.24, 2.45) is 5.73 Å². The van der Waals surface area contributed by atoms with E-state index in [0.29, 0.717) is 5.56 Å². The normalized spacial score (nSPS) is 21.5. The van der Waals surface area contributed by atoms with E-state index in [1.807, 2.05) is 0 Å². The molecule has 1 fully saturated rings. The van der Waals surface area contributed by atoms with Gasteiger partial charge in [-0.15, -0.1) is 0 Å². The van der Waals surface area contributed by atoms with Gasteiger partial charge in [0.25, 0.3) is 11.8 Å². The summed E-state index contributed by atoms with van der Waals surface area (Å²) in [6, 6.07) is 3.96. The molecule has 0 aromatic heterocycles. The molecule has 1 aromatic carbocycles. The van der Waals surface area contributed by atoms with Gasteiger partial charge >= 0.3 is 0 Å². The maximum atomic E-state index is 12.8. The second-order valence-electron chi connectivity index (χ2n) is 6.40. The third-order valence-corrected chi connectivity index (χ3v) is 4.16. The number of nitrogens with one attached hydrogen (secondary N) is 1. The number of amides is 4. The summed E-state index contributed by atoms with van der Waals surface area (Å²) in [5.74, 6) is -2.07. The van der Waals surface area contributed by atoms with Crippen LogP contribution in [0.3, 0.4) is 0 Å². The second kappa shape index (κ2) is 4.99. The first-order valence-electron chi connectivity index (χ1n) is 7.36. The Morgan fingerprint density at radius 1 is 1.17 bits per heavy atom. The van der Waals surface area contributed by atoms with Crippen molar-refractivity contribution in [1.82, 2.24) is 10.2 Å². The molecule has 2 aliphatic heterocycles. The number of carbonyl (C=O) groups is 4. The lowest BCUT2D eigenvalue weighted by Crippen LogP contribution is -2.54. The first-order valence-corrected chi connectivity index (χ1v) is 7.36. The Labute approximate surface area is 132 Å². The lowest BCUT2D eigenvalue weighted by Gasteiger charge is -2.28. The van der Waals surface area contributed by atoms with Crippen LogP contribution < -0.4 is 11.1 Å². The molecular formula is C16H17N3O4. The molecule has 0 spiro atoms. The average Bonchev–Trinajstić information content (AvgIpc) is 2.71. The van der Waals surface area contributed by atoms with Crippen molar-refractivity contribution in [3.8, 4) is 0 Å². The molecule has 120 valence electrons. The van der Waals surface area contributed by atoms with Gasteiger partial charge in [-0.25, -0.2) is 0 Å². The van der Waals surface area contributed by atoms with E-state index in [9.17, 15) is 19.2 Å². The summed E-state index contributed by atoms with van der Waals surface area (Å²) in [6.45, 7) is 3.49. The van der Waals surface area contributed by atoms with Gasteiger partial charge in [-0.05, 0) is 31.9 Å². The molecule has 1 atom stereocenters. The molecule has 1 unspecified atom stereocenters. The summed E-state index contributed by atoms with van der Waals surface area (Å²) in [5.41, 5.74) is 6.35. The fraction of sp³-hybridized carbons (Fsp3) is 0.375. The second-order valence-corrected chi connectivity index (χ2v) is 6.40. The highest BCUT2D eigenvalue weighted by atomic mass is 16.2. The molecule has 3 N–H and O–H groups in total. The van der Waals surface area contributed by atoms with E-state index in [-0.39, 0.29) is 24.0 Å². The monoisotopic (exact) mass is 315 g/mol. The van der Waals surface area contributed by atoms with Gasteiger partial charge in [-0.3, -0.25) is 29.4 Å². The zero-order chi connectivity index (χ0) is 16.9. The first kappa shape index (κ1) is 15.4. The van der Waals surface area contributed by atoms with E-state index < -0.39 is 35.2 Å². The topological polar surface area (TPSA) is 110 Å². The standard InChI is InChI=1S/C16H17N3O4/c1-16(2,17)9-5-3-4-8-12(9)15(23)19(14(8)22)10-6-7-11(20)18-13(10)21/h3-5,10H,6-7,17H2,1-2H3,(H,18,20,21). The van der Waals surface area contributed by atoms with E-state index in [4.69, 9.17) is 5.73 Å². The van der Waals surface area contributed by atoms with Gasteiger partial charge in [0.2, 0.25) is 11.8 Å². The van der Waals surface area contributed by atoms with Gasteiger partial charge in [0.15, 0.2) is 0 Å². The largest absolute Gasteiger partial charge is 0.322 e. The number of piperidine rings is 1. The quantitative estimate of drug-likeness (QED) is 0.762. The summed E-state index contributed by atoms with van der Waals surface area (Å²) >= 11 is 0. The van der Waals surface area contributed by atoms with Crippen LogP contribution in [0.1, 0.15) is 53.0 Å². The lowest BCUT2D eigenvalue weighted by molar-refractivity contribution is -0.136. The third-order valence-electron chi connectivity index (χ3n) is 4.16. The van der Waals surface area contributed by atoms with Crippen LogP contribution in [0.5, 0.6) is 0 Å². The van der Waals surface area contributed by atoms with Crippen LogP contribution in [0.2, 0.25) is 0 Å². The fourth-order valence-corrected chi connectivity index (χ4v) is 3.05. The van der Waals surface area contributed by atoms with Crippen LogP contribution in [-0.2, 0) is 15.1 Å². The Kier molecular flexibility index (Phi) is 3.33. The van der Waals surface area contributed by atoms with E-state index in [1.54, 1.807) is 32.0 Å². The molecule has 4 amide bonds. The van der Waals surface area contributed by atoms with Crippen molar-refractivity contribution in [3.63, 3.8) is 0 Å². The van der Waals surface area contributed by atoms with Crippen LogP contribution in [0.4, 0.5) is 0 Å². The number of hydrogen-bond acceptors (Lipinski definition) is 5. The Hall–Kier alpha value is -2.54. The van der Waals surface area contributed by atoms with E-state index in [2.05, 4.69) is 5.32 Å². The summed E-state index contributed by atoms with van der Waals surface area (Å²) in [4.78, 5) is 49.6. The number of hydrogen-bond donors (Lipinski definition) is 2. The number of carbonyl (C=O) groups excluding carboxylic acids is 4. The zero-order valence-electron chi connectivity index (χ0n) is 12.9. The maximum absolute atomic E-state index is 12.8. The van der Waals surface area contributed by atoms with E-state index >= 15 is 0 Å². The number of rotatable bonds is 2. The third kappa shape index (κ3) is 2.33. The Bertz CT molecular complexity index is 748. The summed E-state index contributed by atoms with van der Waals surface area (Å²) in [7, 11) is 0. The molecule has 7 heteroatoms. The minimum Gasteiger partial charge on any atom is -0.322 e. The van der Waals surface area contributed by atoms with Crippen LogP contribution in [0.25, 0.3) is 0 Å². The van der Waals surface area contributed by atoms with Gasteiger partial charge in [0.1, 0.15) is 6.04 Å². The van der Waals surface area contributed by atoms with Gasteiger partial charge in [0, 0.05) is 12.0 Å². The van der Waals surface area contributed by atoms with E-state index in [1.165, 1.54) is 0 Å². The van der Waals surface area contributed by atoms with Crippen LogP contribution in [-0.4, -0.2) is 34.6 Å². The molecule has 7 nitrogen and oxygen atoms in total. The van der Waals surface area contributed by atoms with Crippen molar-refractivity contribution in [2.45, 2.75) is 38.3 Å². The number of fused-ring (bicyclic) bond motifs is 1. The summed E-state index contributed by atoms with van der Waals surface area (Å²) in [6.07, 6.45) is 0.233. The van der Waals surface area contributed by atoms with Crippen LogP contribution in [0, 0.1) is 0 Å². The van der Waals surface area contributed by atoms with Crippen molar-refractivity contribution in [2.75, 3.05) is 0 Å². The molecule has 2 aliphatic rings. The predicted molar refractivity (Wildman–Crippen MR) is 80.3 cm³/mol.